The van der Waals surface area contributed by atoms with Gasteiger partial charge >= 0.3 is 0 Å². The highest BCUT2D eigenvalue weighted by atomic mass is 16.7. The molecule has 0 aliphatic carbocycles. The van der Waals surface area contributed by atoms with Crippen molar-refractivity contribution >= 4 is 10.9 Å². The van der Waals surface area contributed by atoms with Crippen LogP contribution in [-0.2, 0) is 16.0 Å². The van der Waals surface area contributed by atoms with Crippen molar-refractivity contribution in [2.24, 2.45) is 0 Å². The smallest absolute Gasteiger partial charge is 0.258 e. The van der Waals surface area contributed by atoms with E-state index in [-0.39, 0.29) is 17.9 Å². The molecule has 2 fully saturated rings. The van der Waals surface area contributed by atoms with Crippen LogP contribution in [0.15, 0.2) is 16.9 Å². The summed E-state index contributed by atoms with van der Waals surface area (Å²) in [7, 11) is 3.11. The van der Waals surface area contributed by atoms with Gasteiger partial charge in [0.25, 0.3) is 5.56 Å². The van der Waals surface area contributed by atoms with Crippen molar-refractivity contribution in [2.45, 2.75) is 38.1 Å². The Kier molecular flexibility index (Phi) is 5.29. The lowest BCUT2D eigenvalue weighted by molar-refractivity contribution is -0.111. The predicted octanol–water partition coefficient (Wildman–Crippen LogP) is 1.67. The van der Waals surface area contributed by atoms with Crippen LogP contribution in [0, 0.1) is 0 Å². The number of nitrogens with zero attached hydrogens (tertiary/aromatic N) is 2. The molecule has 1 N–H and O–H groups in total. The molecule has 0 bridgehead atoms. The van der Waals surface area contributed by atoms with Crippen LogP contribution in [0.4, 0.5) is 0 Å². The molecule has 2 aliphatic rings. The van der Waals surface area contributed by atoms with Crippen molar-refractivity contribution in [1.29, 1.82) is 0 Å². The Morgan fingerprint density at radius 1 is 1.19 bits per heavy atom. The number of hydrogen-bond donors (Lipinski definition) is 1. The Bertz CT molecular complexity index is 862. The second-order valence-electron chi connectivity index (χ2n) is 6.88. The van der Waals surface area contributed by atoms with E-state index in [2.05, 4.69) is 14.9 Å². The molecule has 0 radical (unpaired) electrons. The van der Waals surface area contributed by atoms with Gasteiger partial charge in [-0.05, 0) is 25.5 Å². The first kappa shape index (κ1) is 18.2. The third-order valence-electron chi connectivity index (χ3n) is 5.24. The fraction of sp³-hybridized carbons (Fsp3) is 0.579. The van der Waals surface area contributed by atoms with Gasteiger partial charge in [0.15, 0.2) is 17.8 Å². The minimum absolute atomic E-state index is 0.183. The minimum atomic E-state index is -0.193. The van der Waals surface area contributed by atoms with Gasteiger partial charge in [-0.1, -0.05) is 6.42 Å². The standard InChI is InChI=1S/C19H25N3O5/c1-24-15-9-12-13(10-16(15)25-2)20-17(21-18(12)23)11-22-6-4-3-5-14(22)19-26-7-8-27-19/h9-10,14,19H,3-8,11H2,1-2H3,(H,20,21,23). The monoisotopic (exact) mass is 375 g/mol. The van der Waals surface area contributed by atoms with Crippen LogP contribution < -0.4 is 15.0 Å². The molecule has 8 nitrogen and oxygen atoms in total. The molecule has 1 atom stereocenters. The van der Waals surface area contributed by atoms with Gasteiger partial charge in [0.2, 0.25) is 0 Å². The average molecular weight is 375 g/mol. The molecule has 0 amide bonds. The zero-order chi connectivity index (χ0) is 18.8. The molecule has 3 heterocycles. The fourth-order valence-corrected chi connectivity index (χ4v) is 3.90. The molecular formula is C19H25N3O5. The van der Waals surface area contributed by atoms with Crippen molar-refractivity contribution in [1.82, 2.24) is 14.9 Å². The van der Waals surface area contributed by atoms with Gasteiger partial charge < -0.3 is 23.9 Å². The maximum Gasteiger partial charge on any atom is 0.258 e. The second-order valence-corrected chi connectivity index (χ2v) is 6.88. The largest absolute Gasteiger partial charge is 0.493 e. The van der Waals surface area contributed by atoms with Crippen molar-refractivity contribution in [3.63, 3.8) is 0 Å². The van der Waals surface area contributed by atoms with Crippen LogP contribution in [0.3, 0.4) is 0 Å². The number of aromatic amines is 1. The lowest BCUT2D eigenvalue weighted by Crippen LogP contribution is -2.47. The molecule has 1 aromatic carbocycles. The normalized spacial score (nSPS) is 21.6. The lowest BCUT2D eigenvalue weighted by Gasteiger charge is -2.37. The molecule has 4 rings (SSSR count). The summed E-state index contributed by atoms with van der Waals surface area (Å²) in [6, 6.07) is 3.59. The van der Waals surface area contributed by atoms with Crippen LogP contribution in [0.1, 0.15) is 25.1 Å². The van der Waals surface area contributed by atoms with Gasteiger partial charge in [-0.2, -0.15) is 0 Å². The van der Waals surface area contributed by atoms with E-state index in [1.165, 1.54) is 0 Å². The summed E-state index contributed by atoms with van der Waals surface area (Å²) >= 11 is 0. The molecule has 2 saturated heterocycles. The Labute approximate surface area is 157 Å². The summed E-state index contributed by atoms with van der Waals surface area (Å²) < 4.78 is 22.1. The molecule has 1 aromatic heterocycles. The molecule has 2 aliphatic heterocycles. The number of nitrogens with one attached hydrogen (secondary N) is 1. The van der Waals surface area contributed by atoms with Gasteiger partial charge in [-0.15, -0.1) is 0 Å². The maximum atomic E-state index is 12.6. The number of methoxy groups -OCH3 is 2. The van der Waals surface area contributed by atoms with Gasteiger partial charge in [0.05, 0.1) is 50.9 Å². The van der Waals surface area contributed by atoms with Crippen LogP contribution in [0.2, 0.25) is 0 Å². The van der Waals surface area contributed by atoms with Gasteiger partial charge in [0, 0.05) is 6.07 Å². The first-order valence-corrected chi connectivity index (χ1v) is 9.32. The first-order chi connectivity index (χ1) is 13.2. The summed E-state index contributed by atoms with van der Waals surface area (Å²) in [5.74, 6) is 1.69. The number of piperidine rings is 1. The van der Waals surface area contributed by atoms with Crippen LogP contribution in [-0.4, -0.2) is 61.2 Å². The number of benzene rings is 1. The highest BCUT2D eigenvalue weighted by Crippen LogP contribution is 2.30. The lowest BCUT2D eigenvalue weighted by atomic mass is 10.0. The summed E-state index contributed by atoms with van der Waals surface area (Å²) in [5.41, 5.74) is 0.409. The number of aromatic nitrogens is 2. The van der Waals surface area contributed by atoms with E-state index < -0.39 is 0 Å². The van der Waals surface area contributed by atoms with Crippen molar-refractivity contribution in [3.05, 3.63) is 28.3 Å². The SMILES string of the molecule is COc1cc2nc(CN3CCCCC3C3OCCO3)[nH]c(=O)c2cc1OC. The van der Waals surface area contributed by atoms with Crippen LogP contribution in [0.25, 0.3) is 10.9 Å². The third kappa shape index (κ3) is 3.65. The number of fused-ring (bicyclic) bond motifs is 1. The van der Waals surface area contributed by atoms with Gasteiger partial charge in [0.1, 0.15) is 5.82 Å². The Hall–Kier alpha value is -2.16. The van der Waals surface area contributed by atoms with Crippen molar-refractivity contribution in [3.8, 4) is 11.5 Å². The van der Waals surface area contributed by atoms with Crippen LogP contribution >= 0.6 is 0 Å². The molecule has 0 saturated carbocycles. The number of ether oxygens (including phenoxy) is 4. The zero-order valence-electron chi connectivity index (χ0n) is 15.7. The van der Waals surface area contributed by atoms with E-state index in [4.69, 9.17) is 18.9 Å². The summed E-state index contributed by atoms with van der Waals surface area (Å²) in [4.78, 5) is 22.5. The molecule has 8 heteroatoms. The van der Waals surface area contributed by atoms with E-state index in [0.29, 0.717) is 48.0 Å². The quantitative estimate of drug-likeness (QED) is 0.851. The Morgan fingerprint density at radius 3 is 2.67 bits per heavy atom. The maximum absolute atomic E-state index is 12.6. The summed E-state index contributed by atoms with van der Waals surface area (Å²) in [5, 5.41) is 0.481. The molecule has 146 valence electrons. The number of likely N-dealkylation sites (tertiary alicyclic amines) is 1. The second kappa shape index (κ2) is 7.84. The number of rotatable bonds is 5. The van der Waals surface area contributed by atoms with E-state index >= 15 is 0 Å². The fourth-order valence-electron chi connectivity index (χ4n) is 3.90. The molecule has 1 unspecified atom stereocenters. The van der Waals surface area contributed by atoms with Gasteiger partial charge in [-0.25, -0.2) is 4.98 Å². The van der Waals surface area contributed by atoms with E-state index in [9.17, 15) is 4.79 Å². The summed E-state index contributed by atoms with van der Waals surface area (Å²) in [6.07, 6.45) is 3.10. The highest BCUT2D eigenvalue weighted by Gasteiger charge is 2.34. The van der Waals surface area contributed by atoms with Crippen molar-refractivity contribution in [2.75, 3.05) is 34.0 Å². The number of hydrogen-bond acceptors (Lipinski definition) is 7. The predicted molar refractivity (Wildman–Crippen MR) is 99.2 cm³/mol. The average Bonchev–Trinajstić information content (AvgIpc) is 3.22. The molecule has 0 spiro atoms. The Balaban J connectivity index is 1.63. The molecule has 2 aromatic rings. The van der Waals surface area contributed by atoms with E-state index in [1.807, 2.05) is 0 Å². The van der Waals surface area contributed by atoms with E-state index in [0.717, 1.165) is 25.8 Å². The zero-order valence-corrected chi connectivity index (χ0v) is 15.7. The molecular weight excluding hydrogens is 350 g/mol. The topological polar surface area (TPSA) is 85.9 Å². The number of H-pyrrole nitrogens is 1. The highest BCUT2D eigenvalue weighted by molar-refractivity contribution is 5.81. The third-order valence-corrected chi connectivity index (χ3v) is 5.24. The minimum Gasteiger partial charge on any atom is -0.493 e. The van der Waals surface area contributed by atoms with E-state index in [1.54, 1.807) is 26.4 Å². The van der Waals surface area contributed by atoms with Gasteiger partial charge in [-0.3, -0.25) is 9.69 Å². The van der Waals surface area contributed by atoms with Crippen LogP contribution in [0.5, 0.6) is 11.5 Å². The summed E-state index contributed by atoms with van der Waals surface area (Å²) in [6.45, 7) is 2.76. The Morgan fingerprint density at radius 2 is 1.93 bits per heavy atom. The first-order valence-electron chi connectivity index (χ1n) is 9.32. The molecule has 27 heavy (non-hydrogen) atoms. The van der Waals surface area contributed by atoms with Crippen molar-refractivity contribution < 1.29 is 18.9 Å².